The number of benzene rings is 1. The number of aryl methyl sites for hydroxylation is 1. The molecule has 0 N–H and O–H groups in total. The Kier molecular flexibility index (Phi) is 25.2. The normalized spacial score (nSPS) is 11.9. The molecular formula is C39H74N+. The lowest BCUT2D eigenvalue weighted by Gasteiger charge is -2.30. The van der Waals surface area contributed by atoms with Crippen LogP contribution in [-0.4, -0.2) is 25.1 Å². The van der Waals surface area contributed by atoms with Crippen LogP contribution in [0.2, 0.25) is 0 Å². The molecular weight excluding hydrogens is 482 g/mol. The quantitative estimate of drug-likeness (QED) is 0.0653. The van der Waals surface area contributed by atoms with Crippen LogP contribution in [0.4, 0.5) is 0 Å². The Morgan fingerprint density at radius 1 is 0.375 bits per heavy atom. The summed E-state index contributed by atoms with van der Waals surface area (Å²) in [5.41, 5.74) is 3.04. The van der Waals surface area contributed by atoms with Crippen LogP contribution in [0.3, 0.4) is 0 Å². The molecule has 0 fully saturated rings. The molecule has 0 aliphatic rings. The van der Waals surface area contributed by atoms with Gasteiger partial charge in [-0.05, 0) is 31.2 Å². The smallest absolute Gasteiger partial charge is 0.104 e. The molecule has 0 aromatic heterocycles. The SMILES string of the molecule is CCCCCCCCCCCCCCCCCC[N+](C)(C)Cc1ccc(CCCCCCCCCCCC)cc1. The van der Waals surface area contributed by atoms with Crippen LogP contribution in [0.15, 0.2) is 24.3 Å². The fourth-order valence-electron chi connectivity index (χ4n) is 6.29. The Hall–Kier alpha value is -0.820. The second kappa shape index (κ2) is 27.0. The van der Waals surface area contributed by atoms with E-state index in [1.54, 1.807) is 0 Å². The predicted octanol–water partition coefficient (Wildman–Crippen LogP) is 13.0. The summed E-state index contributed by atoms with van der Waals surface area (Å²) in [5.74, 6) is 0. The van der Waals surface area contributed by atoms with Gasteiger partial charge >= 0.3 is 0 Å². The zero-order valence-electron chi connectivity index (χ0n) is 28.3. The first-order valence-corrected chi connectivity index (χ1v) is 18.5. The van der Waals surface area contributed by atoms with E-state index < -0.39 is 0 Å². The average molecular weight is 557 g/mol. The molecule has 0 spiro atoms. The van der Waals surface area contributed by atoms with Crippen LogP contribution >= 0.6 is 0 Å². The lowest BCUT2D eigenvalue weighted by molar-refractivity contribution is -0.903. The van der Waals surface area contributed by atoms with Crippen molar-refractivity contribution < 1.29 is 4.48 Å². The van der Waals surface area contributed by atoms with Gasteiger partial charge in [-0.25, -0.2) is 0 Å². The molecule has 0 saturated heterocycles. The van der Waals surface area contributed by atoms with Gasteiger partial charge in [0, 0.05) is 5.56 Å². The van der Waals surface area contributed by atoms with Crippen molar-refractivity contribution in [3.05, 3.63) is 35.4 Å². The summed E-state index contributed by atoms with van der Waals surface area (Å²) in [6, 6.07) is 9.61. The Bertz CT molecular complexity index is 631. The van der Waals surface area contributed by atoms with Gasteiger partial charge in [-0.1, -0.05) is 186 Å². The molecule has 0 atom stereocenters. The fourth-order valence-corrected chi connectivity index (χ4v) is 6.29. The Balaban J connectivity index is 1.96. The van der Waals surface area contributed by atoms with Crippen LogP contribution in [0.1, 0.15) is 192 Å². The van der Waals surface area contributed by atoms with E-state index in [1.165, 1.54) is 191 Å². The first-order valence-electron chi connectivity index (χ1n) is 18.5. The third-order valence-corrected chi connectivity index (χ3v) is 9.07. The number of unbranched alkanes of at least 4 members (excludes halogenated alkanes) is 24. The summed E-state index contributed by atoms with van der Waals surface area (Å²) < 4.78 is 1.12. The van der Waals surface area contributed by atoms with E-state index >= 15 is 0 Å². The molecule has 0 unspecified atom stereocenters. The number of rotatable bonds is 30. The minimum atomic E-state index is 1.12. The molecule has 1 rings (SSSR count). The van der Waals surface area contributed by atoms with Gasteiger partial charge in [0.05, 0.1) is 20.6 Å². The van der Waals surface area contributed by atoms with Crippen molar-refractivity contribution in [3.8, 4) is 0 Å². The Labute approximate surface area is 253 Å². The molecule has 234 valence electrons. The molecule has 0 aliphatic carbocycles. The number of quaternary nitrogens is 1. The van der Waals surface area contributed by atoms with Crippen molar-refractivity contribution in [3.63, 3.8) is 0 Å². The average Bonchev–Trinajstić information content (AvgIpc) is 2.94. The third kappa shape index (κ3) is 23.8. The van der Waals surface area contributed by atoms with E-state index in [9.17, 15) is 0 Å². The van der Waals surface area contributed by atoms with Gasteiger partial charge in [-0.3, -0.25) is 0 Å². The second-order valence-electron chi connectivity index (χ2n) is 13.9. The second-order valence-corrected chi connectivity index (χ2v) is 13.9. The first-order chi connectivity index (χ1) is 19.6. The maximum absolute atomic E-state index is 2.42. The number of hydrogen-bond acceptors (Lipinski definition) is 0. The summed E-state index contributed by atoms with van der Waals surface area (Å²) in [7, 11) is 4.84. The van der Waals surface area contributed by atoms with Gasteiger partial charge in [0.15, 0.2) is 0 Å². The molecule has 1 aromatic rings. The summed E-state index contributed by atoms with van der Waals surface area (Å²) in [5, 5.41) is 0. The Morgan fingerprint density at radius 2 is 0.675 bits per heavy atom. The van der Waals surface area contributed by atoms with Gasteiger partial charge in [0.25, 0.3) is 0 Å². The highest BCUT2D eigenvalue weighted by atomic mass is 15.3. The largest absolute Gasteiger partial charge is 0.325 e. The van der Waals surface area contributed by atoms with Crippen LogP contribution in [0.5, 0.6) is 0 Å². The van der Waals surface area contributed by atoms with Crippen molar-refractivity contribution >= 4 is 0 Å². The standard InChI is InChI=1S/C39H74N/c1-5-7-9-11-13-15-17-18-19-20-21-22-24-26-28-30-36-40(3,4)37-39-34-32-38(33-35-39)31-29-27-25-23-16-14-12-10-8-6-2/h32-35H,5-31,36-37H2,1-4H3/q+1. The highest BCUT2D eigenvalue weighted by molar-refractivity contribution is 5.22. The molecule has 0 bridgehead atoms. The highest BCUT2D eigenvalue weighted by Gasteiger charge is 2.15. The maximum atomic E-state index is 2.42. The number of hydrogen-bond donors (Lipinski definition) is 0. The predicted molar refractivity (Wildman–Crippen MR) is 182 cm³/mol. The van der Waals surface area contributed by atoms with Crippen LogP contribution in [0, 0.1) is 0 Å². The summed E-state index contributed by atoms with van der Waals surface area (Å²) in [4.78, 5) is 0. The van der Waals surface area contributed by atoms with Crippen molar-refractivity contribution in [2.24, 2.45) is 0 Å². The highest BCUT2D eigenvalue weighted by Crippen LogP contribution is 2.17. The molecule has 0 radical (unpaired) electrons. The summed E-state index contributed by atoms with van der Waals surface area (Å²) in [6.07, 6.45) is 38.7. The molecule has 1 nitrogen and oxygen atoms in total. The van der Waals surface area contributed by atoms with Crippen molar-refractivity contribution in [1.82, 2.24) is 0 Å². The maximum Gasteiger partial charge on any atom is 0.104 e. The molecule has 40 heavy (non-hydrogen) atoms. The topological polar surface area (TPSA) is 0 Å². The molecule has 0 aliphatic heterocycles. The number of nitrogens with zero attached hydrogens (tertiary/aromatic N) is 1. The van der Waals surface area contributed by atoms with Crippen molar-refractivity contribution in [2.75, 3.05) is 20.6 Å². The third-order valence-electron chi connectivity index (χ3n) is 9.07. The zero-order chi connectivity index (χ0) is 29.0. The van der Waals surface area contributed by atoms with Gasteiger partial charge < -0.3 is 4.48 Å². The van der Waals surface area contributed by atoms with Gasteiger partial charge in [0.1, 0.15) is 6.54 Å². The van der Waals surface area contributed by atoms with E-state index in [1.807, 2.05) is 0 Å². The monoisotopic (exact) mass is 557 g/mol. The van der Waals surface area contributed by atoms with E-state index in [2.05, 4.69) is 52.2 Å². The lowest BCUT2D eigenvalue weighted by atomic mass is 10.0. The molecule has 0 amide bonds. The fraction of sp³-hybridized carbons (Fsp3) is 0.846. The minimum absolute atomic E-state index is 1.12. The minimum Gasteiger partial charge on any atom is -0.325 e. The molecule has 1 aromatic carbocycles. The Morgan fingerprint density at radius 3 is 1.05 bits per heavy atom. The van der Waals surface area contributed by atoms with Gasteiger partial charge in [0.2, 0.25) is 0 Å². The van der Waals surface area contributed by atoms with Crippen molar-refractivity contribution in [2.45, 2.75) is 194 Å². The molecule has 0 heterocycles. The first kappa shape index (κ1) is 37.2. The molecule has 0 saturated carbocycles. The summed E-state index contributed by atoms with van der Waals surface area (Å²) >= 11 is 0. The van der Waals surface area contributed by atoms with E-state index in [-0.39, 0.29) is 0 Å². The lowest BCUT2D eigenvalue weighted by Crippen LogP contribution is -2.39. The van der Waals surface area contributed by atoms with Crippen LogP contribution < -0.4 is 0 Å². The van der Waals surface area contributed by atoms with Crippen LogP contribution in [-0.2, 0) is 13.0 Å². The summed E-state index contributed by atoms with van der Waals surface area (Å²) in [6.45, 7) is 7.08. The van der Waals surface area contributed by atoms with E-state index in [4.69, 9.17) is 0 Å². The van der Waals surface area contributed by atoms with Crippen LogP contribution in [0.25, 0.3) is 0 Å². The zero-order valence-corrected chi connectivity index (χ0v) is 28.3. The van der Waals surface area contributed by atoms with Gasteiger partial charge in [-0.2, -0.15) is 0 Å². The molecule has 1 heteroatoms. The van der Waals surface area contributed by atoms with Gasteiger partial charge in [-0.15, -0.1) is 0 Å². The van der Waals surface area contributed by atoms with E-state index in [0.717, 1.165) is 11.0 Å². The van der Waals surface area contributed by atoms with E-state index in [0.29, 0.717) is 0 Å². The van der Waals surface area contributed by atoms with Crippen molar-refractivity contribution in [1.29, 1.82) is 0 Å².